The molecule has 1 unspecified atom stereocenters. The van der Waals surface area contributed by atoms with E-state index in [-0.39, 0.29) is 4.90 Å². The Morgan fingerprint density at radius 2 is 2.36 bits per heavy atom. The second-order valence-corrected chi connectivity index (χ2v) is 4.16. The van der Waals surface area contributed by atoms with Crippen molar-refractivity contribution in [1.82, 2.24) is 9.59 Å². The van der Waals surface area contributed by atoms with E-state index in [9.17, 15) is 4.21 Å². The molecule has 2 aromatic rings. The molecule has 0 bridgehead atoms. The van der Waals surface area contributed by atoms with Gasteiger partial charge in [0.25, 0.3) is 0 Å². The molecule has 1 heterocycles. The van der Waals surface area contributed by atoms with Crippen molar-refractivity contribution >= 4 is 32.8 Å². The number of fused-ring (bicyclic) bond motifs is 1. The van der Waals surface area contributed by atoms with Crippen LogP contribution in [0.2, 0.25) is 0 Å². The summed E-state index contributed by atoms with van der Waals surface area (Å²) in [5, 5.41) is 3.78. The molecule has 0 aliphatic carbocycles. The molecular weight excluding hydrogens is 224 g/mol. The van der Waals surface area contributed by atoms with E-state index >= 15 is 0 Å². The van der Waals surface area contributed by atoms with Gasteiger partial charge in [-0.3, -0.25) is 0 Å². The lowest BCUT2D eigenvalue weighted by Gasteiger charge is -2.03. The molecular formula is C7H6N2O3S2. The van der Waals surface area contributed by atoms with Crippen molar-refractivity contribution in [1.29, 1.82) is 0 Å². The van der Waals surface area contributed by atoms with Gasteiger partial charge in [0.1, 0.15) is 16.2 Å². The molecule has 0 spiro atoms. The maximum absolute atomic E-state index is 11.1. The van der Waals surface area contributed by atoms with E-state index in [1.54, 1.807) is 12.1 Å². The highest BCUT2D eigenvalue weighted by Gasteiger charge is 2.16. The number of nitrogens with zero attached hydrogens (tertiary/aromatic N) is 2. The summed E-state index contributed by atoms with van der Waals surface area (Å²) in [6.45, 7) is 0. The van der Waals surface area contributed by atoms with Crippen molar-refractivity contribution in [3.63, 3.8) is 0 Å². The van der Waals surface area contributed by atoms with Gasteiger partial charge in [-0.1, -0.05) is 4.49 Å². The minimum Gasteiger partial charge on any atom is -0.495 e. The van der Waals surface area contributed by atoms with Crippen molar-refractivity contribution in [2.24, 2.45) is 0 Å². The second-order valence-electron chi connectivity index (χ2n) is 2.47. The third-order valence-corrected chi connectivity index (χ3v) is 3.17. The molecule has 1 aromatic heterocycles. The molecule has 0 fully saturated rings. The topological polar surface area (TPSA) is 72.3 Å². The summed E-state index contributed by atoms with van der Waals surface area (Å²) in [5.41, 5.74) is 0.426. The van der Waals surface area contributed by atoms with E-state index < -0.39 is 11.1 Å². The number of methoxy groups -OCH3 is 1. The van der Waals surface area contributed by atoms with Crippen LogP contribution < -0.4 is 4.74 Å². The minimum absolute atomic E-state index is 0.179. The zero-order valence-electron chi connectivity index (χ0n) is 7.13. The van der Waals surface area contributed by atoms with Gasteiger partial charge < -0.3 is 9.29 Å². The van der Waals surface area contributed by atoms with Crippen LogP contribution in [0, 0.1) is 0 Å². The van der Waals surface area contributed by atoms with Gasteiger partial charge in [0.2, 0.25) is 0 Å². The first kappa shape index (κ1) is 9.50. The maximum Gasteiger partial charge on any atom is 0.192 e. The highest BCUT2D eigenvalue weighted by Crippen LogP contribution is 2.30. The largest absolute Gasteiger partial charge is 0.495 e. The number of benzene rings is 1. The average Bonchev–Trinajstić information content (AvgIpc) is 2.62. The number of hydrogen-bond donors (Lipinski definition) is 1. The van der Waals surface area contributed by atoms with Gasteiger partial charge in [-0.05, 0) is 23.7 Å². The van der Waals surface area contributed by atoms with Crippen LogP contribution in [0.4, 0.5) is 0 Å². The van der Waals surface area contributed by atoms with Crippen LogP contribution in [0.5, 0.6) is 5.75 Å². The van der Waals surface area contributed by atoms with E-state index in [1.165, 1.54) is 18.6 Å². The van der Waals surface area contributed by atoms with Crippen LogP contribution >= 0.6 is 11.5 Å². The van der Waals surface area contributed by atoms with E-state index in [0.29, 0.717) is 11.3 Å². The molecule has 0 amide bonds. The Morgan fingerprint density at radius 3 is 3.00 bits per heavy atom. The highest BCUT2D eigenvalue weighted by molar-refractivity contribution is 7.79. The van der Waals surface area contributed by atoms with E-state index in [4.69, 9.17) is 9.29 Å². The smallest absolute Gasteiger partial charge is 0.192 e. The van der Waals surface area contributed by atoms with Crippen LogP contribution in [0.3, 0.4) is 0 Å². The van der Waals surface area contributed by atoms with Crippen molar-refractivity contribution in [2.75, 3.05) is 7.11 Å². The monoisotopic (exact) mass is 230 g/mol. The van der Waals surface area contributed by atoms with Crippen LogP contribution in [-0.2, 0) is 11.1 Å². The van der Waals surface area contributed by atoms with Crippen molar-refractivity contribution in [2.45, 2.75) is 4.90 Å². The summed E-state index contributed by atoms with van der Waals surface area (Å²) in [6.07, 6.45) is 0. The van der Waals surface area contributed by atoms with Crippen molar-refractivity contribution in [3.05, 3.63) is 12.1 Å². The zero-order chi connectivity index (χ0) is 10.1. The summed E-state index contributed by atoms with van der Waals surface area (Å²) in [5.74, 6) is 0.353. The predicted octanol–water partition coefficient (Wildman–Crippen LogP) is 1.28. The zero-order valence-corrected chi connectivity index (χ0v) is 8.76. The Hall–Kier alpha value is -1.05. The Balaban J connectivity index is 2.82. The molecule has 1 atom stereocenters. The Labute approximate surface area is 86.2 Å². The van der Waals surface area contributed by atoms with Crippen molar-refractivity contribution < 1.29 is 13.5 Å². The Kier molecular flexibility index (Phi) is 2.44. The molecule has 5 nitrogen and oxygen atoms in total. The summed E-state index contributed by atoms with van der Waals surface area (Å²) < 4.78 is 29.6. The summed E-state index contributed by atoms with van der Waals surface area (Å²) in [4.78, 5) is 0.179. The fourth-order valence-corrected chi connectivity index (χ4v) is 2.41. The van der Waals surface area contributed by atoms with Gasteiger partial charge in [0, 0.05) is 0 Å². The number of hydrogen-bond acceptors (Lipinski definition) is 5. The van der Waals surface area contributed by atoms with E-state index in [0.717, 1.165) is 4.70 Å². The third kappa shape index (κ3) is 1.39. The number of rotatable bonds is 2. The molecule has 2 rings (SSSR count). The van der Waals surface area contributed by atoms with Gasteiger partial charge in [-0.2, -0.15) is 0 Å². The van der Waals surface area contributed by atoms with Gasteiger partial charge in [0.15, 0.2) is 11.1 Å². The van der Waals surface area contributed by atoms with Gasteiger partial charge in [-0.25, -0.2) is 4.21 Å². The lowest BCUT2D eigenvalue weighted by Crippen LogP contribution is -1.95. The first-order valence-corrected chi connectivity index (χ1v) is 5.52. The van der Waals surface area contributed by atoms with Crippen LogP contribution in [0.1, 0.15) is 0 Å². The standard InChI is InChI=1S/C7H6N2O3S2/c1-12-4-2-3-5-6(8-9-13-5)7(4)14(10)11/h2-3H,1H3,(H,10,11). The normalized spacial score (nSPS) is 13.0. The quantitative estimate of drug-likeness (QED) is 0.787. The SMILES string of the molecule is COc1ccc2snnc2c1S(=O)O. The number of aromatic nitrogens is 2. The number of ether oxygens (including phenoxy) is 1. The van der Waals surface area contributed by atoms with E-state index in [2.05, 4.69) is 9.59 Å². The molecule has 1 aromatic carbocycles. The summed E-state index contributed by atoms with van der Waals surface area (Å²) in [7, 11) is 1.44. The first-order chi connectivity index (χ1) is 6.74. The van der Waals surface area contributed by atoms with Crippen LogP contribution in [0.25, 0.3) is 10.2 Å². The fourth-order valence-electron chi connectivity index (χ4n) is 1.14. The van der Waals surface area contributed by atoms with E-state index in [1.807, 2.05) is 0 Å². The Morgan fingerprint density at radius 1 is 1.57 bits per heavy atom. The molecule has 0 radical (unpaired) electrons. The fraction of sp³-hybridized carbons (Fsp3) is 0.143. The molecule has 0 saturated heterocycles. The molecule has 0 aliphatic rings. The van der Waals surface area contributed by atoms with Crippen LogP contribution in [0.15, 0.2) is 17.0 Å². The van der Waals surface area contributed by atoms with Gasteiger partial charge in [-0.15, -0.1) is 5.10 Å². The van der Waals surface area contributed by atoms with Crippen molar-refractivity contribution in [3.8, 4) is 5.75 Å². The first-order valence-electron chi connectivity index (χ1n) is 3.64. The van der Waals surface area contributed by atoms with Gasteiger partial charge in [0.05, 0.1) is 11.8 Å². The lowest BCUT2D eigenvalue weighted by molar-refractivity contribution is 0.403. The average molecular weight is 230 g/mol. The maximum atomic E-state index is 11.1. The van der Waals surface area contributed by atoms with Gasteiger partial charge >= 0.3 is 0 Å². The summed E-state index contributed by atoms with van der Waals surface area (Å²) >= 11 is -0.938. The molecule has 74 valence electrons. The molecule has 0 saturated carbocycles. The highest BCUT2D eigenvalue weighted by atomic mass is 32.2. The predicted molar refractivity (Wildman–Crippen MR) is 53.0 cm³/mol. The Bertz CT molecular complexity index is 497. The molecule has 14 heavy (non-hydrogen) atoms. The molecule has 0 aliphatic heterocycles. The summed E-state index contributed by atoms with van der Waals surface area (Å²) in [6, 6.07) is 3.39. The third-order valence-electron chi connectivity index (χ3n) is 1.73. The minimum atomic E-state index is -2.11. The molecule has 1 N–H and O–H groups in total. The van der Waals surface area contributed by atoms with Crippen LogP contribution in [-0.4, -0.2) is 25.5 Å². The second kappa shape index (κ2) is 3.60. The lowest BCUT2D eigenvalue weighted by atomic mass is 10.3. The molecule has 7 heteroatoms.